The first kappa shape index (κ1) is 19.8. The van der Waals surface area contributed by atoms with Crippen LogP contribution in [0.4, 0.5) is 0 Å². The van der Waals surface area contributed by atoms with Crippen molar-refractivity contribution in [2.75, 3.05) is 13.1 Å². The van der Waals surface area contributed by atoms with Crippen LogP contribution in [0.25, 0.3) is 28.5 Å². The van der Waals surface area contributed by atoms with E-state index in [1.54, 1.807) is 0 Å². The summed E-state index contributed by atoms with van der Waals surface area (Å²) in [6.45, 7) is 1.50. The SMILES string of the molecule is O=C(c1ccc2ccccc2c1)N1CCC(=C2c3ccccc3C=Cc3ccccc32)CC1. The normalized spacial score (nSPS) is 15.2. The van der Waals surface area contributed by atoms with E-state index in [-0.39, 0.29) is 5.91 Å². The molecule has 0 spiro atoms. The van der Waals surface area contributed by atoms with Crippen LogP contribution in [0.5, 0.6) is 0 Å². The molecule has 0 unspecified atom stereocenters. The largest absolute Gasteiger partial charge is 0.338 e. The van der Waals surface area contributed by atoms with Gasteiger partial charge in [-0.2, -0.15) is 0 Å². The van der Waals surface area contributed by atoms with Crippen LogP contribution in [0.1, 0.15) is 45.5 Å². The molecule has 2 heteroatoms. The Bertz CT molecular complexity index is 1380. The Labute approximate surface area is 194 Å². The lowest BCUT2D eigenvalue weighted by Crippen LogP contribution is -2.36. The van der Waals surface area contributed by atoms with Gasteiger partial charge in [-0.05, 0) is 63.6 Å². The highest BCUT2D eigenvalue weighted by atomic mass is 16.2. The highest BCUT2D eigenvalue weighted by molar-refractivity contribution is 5.99. The highest BCUT2D eigenvalue weighted by Crippen LogP contribution is 2.38. The van der Waals surface area contributed by atoms with Crippen LogP contribution < -0.4 is 0 Å². The average molecular weight is 428 g/mol. The van der Waals surface area contributed by atoms with Gasteiger partial charge in [-0.25, -0.2) is 0 Å². The van der Waals surface area contributed by atoms with Crippen molar-refractivity contribution in [1.29, 1.82) is 0 Å². The number of amides is 1. The molecule has 1 heterocycles. The molecule has 0 atom stereocenters. The van der Waals surface area contributed by atoms with Gasteiger partial charge < -0.3 is 4.90 Å². The number of hydrogen-bond donors (Lipinski definition) is 0. The summed E-state index contributed by atoms with van der Waals surface area (Å²) in [5.41, 5.74) is 8.67. The van der Waals surface area contributed by atoms with Crippen LogP contribution in [0, 0.1) is 0 Å². The molecule has 1 fully saturated rings. The van der Waals surface area contributed by atoms with Crippen LogP contribution in [-0.4, -0.2) is 23.9 Å². The third-order valence-electron chi connectivity index (χ3n) is 6.91. The van der Waals surface area contributed by atoms with Gasteiger partial charge in [0.25, 0.3) is 5.91 Å². The summed E-state index contributed by atoms with van der Waals surface area (Å²) < 4.78 is 0. The lowest BCUT2D eigenvalue weighted by molar-refractivity contribution is 0.0744. The summed E-state index contributed by atoms with van der Waals surface area (Å²) in [7, 11) is 0. The third-order valence-corrected chi connectivity index (χ3v) is 6.91. The molecule has 4 aromatic rings. The smallest absolute Gasteiger partial charge is 0.253 e. The molecular formula is C31H25NO. The molecule has 1 aliphatic heterocycles. The Balaban J connectivity index is 1.32. The first-order valence-electron chi connectivity index (χ1n) is 11.6. The Morgan fingerprint density at radius 3 is 1.88 bits per heavy atom. The molecule has 4 aromatic carbocycles. The van der Waals surface area contributed by atoms with E-state index in [1.807, 2.05) is 35.2 Å². The zero-order valence-electron chi connectivity index (χ0n) is 18.5. The van der Waals surface area contributed by atoms with Gasteiger partial charge in [0.05, 0.1) is 0 Å². The molecule has 0 bridgehead atoms. The zero-order chi connectivity index (χ0) is 22.2. The first-order chi connectivity index (χ1) is 16.3. The number of piperidine rings is 1. The number of fused-ring (bicyclic) bond motifs is 3. The van der Waals surface area contributed by atoms with Crippen molar-refractivity contribution in [1.82, 2.24) is 4.90 Å². The molecule has 2 aliphatic rings. The van der Waals surface area contributed by atoms with E-state index in [0.717, 1.165) is 36.9 Å². The second-order valence-corrected chi connectivity index (χ2v) is 8.84. The summed E-state index contributed by atoms with van der Waals surface area (Å²) in [5, 5.41) is 2.28. The Hall–Kier alpha value is -3.91. The fraction of sp³-hybridized carbons (Fsp3) is 0.129. The van der Waals surface area contributed by atoms with Crippen LogP contribution in [0.3, 0.4) is 0 Å². The van der Waals surface area contributed by atoms with Crippen LogP contribution in [0.2, 0.25) is 0 Å². The lowest BCUT2D eigenvalue weighted by atomic mass is 9.86. The molecule has 33 heavy (non-hydrogen) atoms. The number of hydrogen-bond acceptors (Lipinski definition) is 1. The minimum absolute atomic E-state index is 0.133. The van der Waals surface area contributed by atoms with E-state index >= 15 is 0 Å². The van der Waals surface area contributed by atoms with E-state index in [1.165, 1.54) is 38.8 Å². The number of carbonyl (C=O) groups is 1. The predicted octanol–water partition coefficient (Wildman–Crippen LogP) is 7.06. The standard InChI is InChI=1S/C31H25NO/c33-31(27-16-13-22-7-1-2-10-26(22)21-27)32-19-17-25(18-20-32)30-28-11-5-3-8-23(28)14-15-24-9-4-6-12-29(24)30/h1-16,21H,17-20H2. The third kappa shape index (κ3) is 3.58. The number of likely N-dealkylation sites (tertiary alicyclic amines) is 1. The van der Waals surface area contributed by atoms with Crippen molar-refractivity contribution in [3.63, 3.8) is 0 Å². The van der Waals surface area contributed by atoms with Crippen LogP contribution >= 0.6 is 0 Å². The Kier molecular flexibility index (Phi) is 4.92. The predicted molar refractivity (Wildman–Crippen MR) is 137 cm³/mol. The van der Waals surface area contributed by atoms with E-state index in [2.05, 4.69) is 72.8 Å². The molecule has 0 radical (unpaired) electrons. The van der Waals surface area contributed by atoms with E-state index in [9.17, 15) is 4.79 Å². The van der Waals surface area contributed by atoms with E-state index < -0.39 is 0 Å². The first-order valence-corrected chi connectivity index (χ1v) is 11.6. The molecule has 6 rings (SSSR count). The summed E-state index contributed by atoms with van der Waals surface area (Å²) in [4.78, 5) is 15.3. The summed E-state index contributed by atoms with van der Waals surface area (Å²) in [6, 6.07) is 31.5. The molecule has 1 aliphatic carbocycles. The maximum absolute atomic E-state index is 13.3. The molecule has 1 saturated heterocycles. The van der Waals surface area contributed by atoms with Crippen molar-refractivity contribution >= 4 is 34.4 Å². The van der Waals surface area contributed by atoms with Crippen molar-refractivity contribution in [2.45, 2.75) is 12.8 Å². The van der Waals surface area contributed by atoms with Gasteiger partial charge in [-0.15, -0.1) is 0 Å². The van der Waals surface area contributed by atoms with Gasteiger partial charge in [-0.3, -0.25) is 4.79 Å². The topological polar surface area (TPSA) is 20.3 Å². The van der Waals surface area contributed by atoms with Crippen molar-refractivity contribution in [2.24, 2.45) is 0 Å². The molecule has 2 nitrogen and oxygen atoms in total. The van der Waals surface area contributed by atoms with Gasteiger partial charge >= 0.3 is 0 Å². The summed E-state index contributed by atoms with van der Waals surface area (Å²) in [5.74, 6) is 0.133. The number of rotatable bonds is 1. The zero-order valence-corrected chi connectivity index (χ0v) is 18.5. The molecule has 0 aromatic heterocycles. The fourth-order valence-corrected chi connectivity index (χ4v) is 5.18. The number of carbonyl (C=O) groups excluding carboxylic acids is 1. The number of benzene rings is 4. The van der Waals surface area contributed by atoms with Gasteiger partial charge in [0.1, 0.15) is 0 Å². The van der Waals surface area contributed by atoms with Gasteiger partial charge in [-0.1, -0.05) is 96.6 Å². The van der Waals surface area contributed by atoms with Gasteiger partial charge in [0.15, 0.2) is 0 Å². The minimum Gasteiger partial charge on any atom is -0.338 e. The molecule has 1 amide bonds. The highest BCUT2D eigenvalue weighted by Gasteiger charge is 2.25. The Morgan fingerprint density at radius 1 is 0.636 bits per heavy atom. The molecule has 0 saturated carbocycles. The molecule has 0 N–H and O–H groups in total. The monoisotopic (exact) mass is 427 g/mol. The van der Waals surface area contributed by atoms with Crippen LogP contribution in [0.15, 0.2) is 96.6 Å². The van der Waals surface area contributed by atoms with Crippen molar-refractivity contribution < 1.29 is 4.79 Å². The second kappa shape index (κ2) is 8.22. The average Bonchev–Trinajstić information content (AvgIpc) is 3.05. The lowest BCUT2D eigenvalue weighted by Gasteiger charge is -2.31. The quantitative estimate of drug-likeness (QED) is 0.280. The maximum atomic E-state index is 13.3. The molecular weight excluding hydrogens is 402 g/mol. The van der Waals surface area contributed by atoms with E-state index in [0.29, 0.717) is 0 Å². The second-order valence-electron chi connectivity index (χ2n) is 8.84. The van der Waals surface area contributed by atoms with Crippen molar-refractivity contribution in [3.05, 3.63) is 124 Å². The maximum Gasteiger partial charge on any atom is 0.253 e. The summed E-state index contributed by atoms with van der Waals surface area (Å²) in [6.07, 6.45) is 6.24. The van der Waals surface area contributed by atoms with Crippen molar-refractivity contribution in [3.8, 4) is 0 Å². The summed E-state index contributed by atoms with van der Waals surface area (Å²) >= 11 is 0. The molecule has 160 valence electrons. The van der Waals surface area contributed by atoms with Gasteiger partial charge in [0.2, 0.25) is 0 Å². The van der Waals surface area contributed by atoms with E-state index in [4.69, 9.17) is 0 Å². The minimum atomic E-state index is 0.133. The van der Waals surface area contributed by atoms with Gasteiger partial charge in [0, 0.05) is 18.7 Å². The Morgan fingerprint density at radius 2 is 1.21 bits per heavy atom. The fourth-order valence-electron chi connectivity index (χ4n) is 5.18. The number of nitrogens with zero attached hydrogens (tertiary/aromatic N) is 1. The van der Waals surface area contributed by atoms with Crippen LogP contribution in [-0.2, 0) is 0 Å².